The maximum atomic E-state index is 12.2. The summed E-state index contributed by atoms with van der Waals surface area (Å²) in [6.45, 7) is 6.30. The van der Waals surface area contributed by atoms with Gasteiger partial charge in [-0.1, -0.05) is 25.8 Å². The molecule has 0 heterocycles. The first-order chi connectivity index (χ1) is 10.4. The lowest BCUT2D eigenvalue weighted by molar-refractivity contribution is 0.0697. The summed E-state index contributed by atoms with van der Waals surface area (Å²) in [5.74, 6) is -1.19. The number of unbranched alkanes of at least 4 members (excludes halogenated alkanes) is 2. The third-order valence-corrected chi connectivity index (χ3v) is 4.50. The van der Waals surface area contributed by atoms with E-state index in [0.717, 1.165) is 25.3 Å². The van der Waals surface area contributed by atoms with Crippen molar-refractivity contribution >= 4 is 21.7 Å². The van der Waals surface area contributed by atoms with E-state index in [9.17, 15) is 18.3 Å². The number of benzene rings is 1. The van der Waals surface area contributed by atoms with E-state index in [-0.39, 0.29) is 10.5 Å². The van der Waals surface area contributed by atoms with Gasteiger partial charge < -0.3 is 10.4 Å². The van der Waals surface area contributed by atoms with Crippen LogP contribution in [-0.4, -0.2) is 32.6 Å². The number of hydrogen-bond donors (Lipinski definition) is 3. The lowest BCUT2D eigenvalue weighted by atomic mass is 10.2. The normalized spacial score (nSPS) is 11.1. The lowest BCUT2D eigenvalue weighted by Gasteiger charge is -2.11. The summed E-state index contributed by atoms with van der Waals surface area (Å²) in [7, 11) is -3.70. The van der Waals surface area contributed by atoms with Gasteiger partial charge in [0, 0.05) is 18.8 Å². The minimum absolute atomic E-state index is 0.0504. The molecule has 122 valence electrons. The third-order valence-electron chi connectivity index (χ3n) is 3.04. The predicted molar refractivity (Wildman–Crippen MR) is 86.8 cm³/mol. The first kappa shape index (κ1) is 18.2. The Morgan fingerprint density at radius 3 is 2.68 bits per heavy atom. The fraction of sp³-hybridized carbons (Fsp3) is 0.400. The maximum absolute atomic E-state index is 12.2. The minimum atomic E-state index is -3.70. The second kappa shape index (κ2) is 8.55. The van der Waals surface area contributed by atoms with Crippen LogP contribution in [0.15, 0.2) is 35.7 Å². The summed E-state index contributed by atoms with van der Waals surface area (Å²) < 4.78 is 26.8. The molecule has 0 fully saturated rings. The quantitative estimate of drug-likeness (QED) is 0.453. The molecule has 0 amide bonds. The zero-order chi connectivity index (χ0) is 16.6. The van der Waals surface area contributed by atoms with Gasteiger partial charge in [-0.05, 0) is 24.6 Å². The van der Waals surface area contributed by atoms with Crippen LogP contribution in [0.4, 0.5) is 5.69 Å². The van der Waals surface area contributed by atoms with Gasteiger partial charge >= 0.3 is 5.97 Å². The molecule has 3 N–H and O–H groups in total. The zero-order valence-electron chi connectivity index (χ0n) is 12.6. The molecular formula is C15H22N2O4S. The van der Waals surface area contributed by atoms with Crippen molar-refractivity contribution in [2.45, 2.75) is 31.1 Å². The molecule has 0 aliphatic carbocycles. The highest BCUT2D eigenvalue weighted by Crippen LogP contribution is 2.20. The molecular weight excluding hydrogens is 304 g/mol. The van der Waals surface area contributed by atoms with Crippen molar-refractivity contribution in [2.75, 3.05) is 18.4 Å². The van der Waals surface area contributed by atoms with E-state index in [1.165, 1.54) is 12.1 Å². The highest BCUT2D eigenvalue weighted by atomic mass is 32.2. The second-order valence-corrected chi connectivity index (χ2v) is 6.55. The Morgan fingerprint density at radius 2 is 2.09 bits per heavy atom. The van der Waals surface area contributed by atoms with E-state index >= 15 is 0 Å². The van der Waals surface area contributed by atoms with E-state index in [0.29, 0.717) is 18.8 Å². The van der Waals surface area contributed by atoms with Crippen LogP contribution in [0, 0.1) is 0 Å². The highest BCUT2D eigenvalue weighted by Gasteiger charge is 2.18. The second-order valence-electron chi connectivity index (χ2n) is 4.79. The molecule has 0 saturated heterocycles. The van der Waals surface area contributed by atoms with Crippen molar-refractivity contribution in [3.8, 4) is 0 Å². The van der Waals surface area contributed by atoms with Crippen LogP contribution in [0.25, 0.3) is 0 Å². The topological polar surface area (TPSA) is 95.5 Å². The van der Waals surface area contributed by atoms with Gasteiger partial charge in [0.1, 0.15) is 0 Å². The van der Waals surface area contributed by atoms with Crippen LogP contribution in [-0.2, 0) is 10.0 Å². The van der Waals surface area contributed by atoms with Gasteiger partial charge in [-0.2, -0.15) is 0 Å². The SMILES string of the molecule is C=CCNc1ccc(S(=O)(=O)NCCCCC)cc1C(=O)O. The van der Waals surface area contributed by atoms with E-state index in [2.05, 4.69) is 16.6 Å². The lowest BCUT2D eigenvalue weighted by Crippen LogP contribution is -2.25. The maximum Gasteiger partial charge on any atom is 0.337 e. The van der Waals surface area contributed by atoms with Gasteiger partial charge in [-0.15, -0.1) is 6.58 Å². The Bertz CT molecular complexity index is 626. The molecule has 22 heavy (non-hydrogen) atoms. The van der Waals surface area contributed by atoms with Crippen molar-refractivity contribution < 1.29 is 18.3 Å². The molecule has 1 rings (SSSR count). The standard InChI is InChI=1S/C15H22N2O4S/c1-3-5-6-10-17-22(20,21)12-7-8-14(16-9-4-2)13(11-12)15(18)19/h4,7-8,11,16-17H,2-3,5-6,9-10H2,1H3,(H,18,19). The molecule has 0 radical (unpaired) electrons. The van der Waals surface area contributed by atoms with Crippen LogP contribution in [0.5, 0.6) is 0 Å². The number of carboxylic acids is 1. The first-order valence-corrected chi connectivity index (χ1v) is 8.62. The Labute approximate surface area is 131 Å². The molecule has 1 aromatic rings. The number of sulfonamides is 1. The largest absolute Gasteiger partial charge is 0.478 e. The van der Waals surface area contributed by atoms with Crippen molar-refractivity contribution in [1.29, 1.82) is 0 Å². The Kier molecular flexibility index (Phi) is 7.07. The van der Waals surface area contributed by atoms with Crippen LogP contribution < -0.4 is 10.0 Å². The molecule has 0 bridgehead atoms. The minimum Gasteiger partial charge on any atom is -0.478 e. The van der Waals surface area contributed by atoms with E-state index in [1.54, 1.807) is 6.08 Å². The van der Waals surface area contributed by atoms with Crippen molar-refractivity contribution in [3.63, 3.8) is 0 Å². The summed E-state index contributed by atoms with van der Waals surface area (Å²) in [6, 6.07) is 4.00. The van der Waals surface area contributed by atoms with Gasteiger partial charge in [0.15, 0.2) is 0 Å². The number of anilines is 1. The number of hydrogen-bond acceptors (Lipinski definition) is 4. The number of aromatic carboxylic acids is 1. The van der Waals surface area contributed by atoms with E-state index < -0.39 is 16.0 Å². The number of nitrogens with one attached hydrogen (secondary N) is 2. The van der Waals surface area contributed by atoms with Gasteiger partial charge in [-0.25, -0.2) is 17.9 Å². The highest BCUT2D eigenvalue weighted by molar-refractivity contribution is 7.89. The molecule has 0 unspecified atom stereocenters. The monoisotopic (exact) mass is 326 g/mol. The molecule has 0 atom stereocenters. The summed E-state index contributed by atoms with van der Waals surface area (Å²) >= 11 is 0. The van der Waals surface area contributed by atoms with E-state index in [1.807, 2.05) is 6.92 Å². The van der Waals surface area contributed by atoms with Gasteiger partial charge in [-0.3, -0.25) is 0 Å². The molecule has 1 aromatic carbocycles. The smallest absolute Gasteiger partial charge is 0.337 e. The fourth-order valence-corrected chi connectivity index (χ4v) is 2.97. The summed E-state index contributed by atoms with van der Waals surface area (Å²) in [5.41, 5.74) is 0.274. The van der Waals surface area contributed by atoms with Crippen molar-refractivity contribution in [3.05, 3.63) is 36.4 Å². The summed E-state index contributed by atoms with van der Waals surface area (Å²) in [5, 5.41) is 12.1. The van der Waals surface area contributed by atoms with Gasteiger partial charge in [0.2, 0.25) is 10.0 Å². The van der Waals surface area contributed by atoms with Crippen LogP contribution >= 0.6 is 0 Å². The van der Waals surface area contributed by atoms with E-state index in [4.69, 9.17) is 0 Å². The number of rotatable bonds is 10. The number of carbonyl (C=O) groups is 1. The molecule has 0 aliphatic rings. The van der Waals surface area contributed by atoms with Crippen molar-refractivity contribution in [2.24, 2.45) is 0 Å². The molecule has 0 aromatic heterocycles. The summed E-state index contributed by atoms with van der Waals surface area (Å²) in [4.78, 5) is 11.2. The first-order valence-electron chi connectivity index (χ1n) is 7.14. The Balaban J connectivity index is 2.97. The third kappa shape index (κ3) is 5.16. The molecule has 6 nitrogen and oxygen atoms in total. The van der Waals surface area contributed by atoms with Gasteiger partial charge in [0.05, 0.1) is 10.5 Å². The number of carboxylic acid groups (broad SMARTS) is 1. The van der Waals surface area contributed by atoms with Crippen LogP contribution in [0.2, 0.25) is 0 Å². The van der Waals surface area contributed by atoms with Gasteiger partial charge in [0.25, 0.3) is 0 Å². The Hall–Kier alpha value is -1.86. The zero-order valence-corrected chi connectivity index (χ0v) is 13.4. The molecule has 0 spiro atoms. The van der Waals surface area contributed by atoms with Crippen molar-refractivity contribution in [1.82, 2.24) is 4.72 Å². The Morgan fingerprint density at radius 1 is 1.36 bits per heavy atom. The van der Waals surface area contributed by atoms with Crippen LogP contribution in [0.3, 0.4) is 0 Å². The fourth-order valence-electron chi connectivity index (χ4n) is 1.87. The average molecular weight is 326 g/mol. The summed E-state index contributed by atoms with van der Waals surface area (Å²) in [6.07, 6.45) is 4.27. The molecule has 7 heteroatoms. The van der Waals surface area contributed by atoms with Crippen LogP contribution in [0.1, 0.15) is 36.5 Å². The predicted octanol–water partition coefficient (Wildman–Crippen LogP) is 2.45. The average Bonchev–Trinajstić information content (AvgIpc) is 2.49. The molecule has 0 aliphatic heterocycles. The molecule has 0 saturated carbocycles.